The molecule has 0 spiro atoms. The standard InChI is InChI=1S/C15H22N2O/c1-12-11-18-14-8-4-3-7-13(14)15(12)16-17-9-5-2-6-10-17/h3-4,7-8,12,15-16H,2,5-6,9-11H2,1H3. The summed E-state index contributed by atoms with van der Waals surface area (Å²) in [5, 5.41) is 2.40. The highest BCUT2D eigenvalue weighted by molar-refractivity contribution is 5.37. The van der Waals surface area contributed by atoms with E-state index in [1.807, 2.05) is 6.07 Å². The Bertz CT molecular complexity index is 401. The van der Waals surface area contributed by atoms with E-state index in [1.54, 1.807) is 0 Å². The highest BCUT2D eigenvalue weighted by atomic mass is 16.5. The van der Waals surface area contributed by atoms with Crippen LogP contribution >= 0.6 is 0 Å². The van der Waals surface area contributed by atoms with Gasteiger partial charge in [-0.1, -0.05) is 31.5 Å². The second-order valence-corrected chi connectivity index (χ2v) is 5.48. The molecule has 0 saturated carbocycles. The number of piperidine rings is 1. The van der Waals surface area contributed by atoms with Crippen LogP contribution in [0.15, 0.2) is 24.3 Å². The molecule has 98 valence electrons. The van der Waals surface area contributed by atoms with E-state index in [0.717, 1.165) is 12.4 Å². The van der Waals surface area contributed by atoms with Crippen LogP contribution in [0.1, 0.15) is 37.8 Å². The summed E-state index contributed by atoms with van der Waals surface area (Å²) >= 11 is 0. The fourth-order valence-corrected chi connectivity index (χ4v) is 2.91. The molecule has 0 aromatic heterocycles. The average Bonchev–Trinajstić information content (AvgIpc) is 2.43. The third-order valence-corrected chi connectivity index (χ3v) is 4.00. The Morgan fingerprint density at radius 1 is 1.17 bits per heavy atom. The minimum absolute atomic E-state index is 0.396. The normalized spacial score (nSPS) is 28.5. The Balaban J connectivity index is 1.77. The third-order valence-electron chi connectivity index (χ3n) is 4.00. The first-order valence-electron chi connectivity index (χ1n) is 7.07. The highest BCUT2D eigenvalue weighted by Crippen LogP contribution is 2.35. The van der Waals surface area contributed by atoms with Crippen LogP contribution < -0.4 is 10.2 Å². The lowest BCUT2D eigenvalue weighted by Crippen LogP contribution is -2.47. The number of hydrogen-bond acceptors (Lipinski definition) is 3. The fourth-order valence-electron chi connectivity index (χ4n) is 2.91. The number of hydrogen-bond donors (Lipinski definition) is 1. The monoisotopic (exact) mass is 246 g/mol. The van der Waals surface area contributed by atoms with Gasteiger partial charge >= 0.3 is 0 Å². The molecular formula is C15H22N2O. The van der Waals surface area contributed by atoms with E-state index in [2.05, 4.69) is 35.6 Å². The molecule has 3 rings (SSSR count). The Hall–Kier alpha value is -1.06. The molecule has 1 saturated heterocycles. The van der Waals surface area contributed by atoms with Gasteiger partial charge in [0.25, 0.3) is 0 Å². The van der Waals surface area contributed by atoms with Crippen molar-refractivity contribution in [3.63, 3.8) is 0 Å². The molecule has 0 radical (unpaired) electrons. The third kappa shape index (κ3) is 2.38. The Morgan fingerprint density at radius 2 is 1.94 bits per heavy atom. The van der Waals surface area contributed by atoms with Crippen molar-refractivity contribution < 1.29 is 4.74 Å². The van der Waals surface area contributed by atoms with E-state index in [-0.39, 0.29) is 0 Å². The van der Waals surface area contributed by atoms with Crippen molar-refractivity contribution in [1.29, 1.82) is 0 Å². The van der Waals surface area contributed by atoms with E-state index in [4.69, 9.17) is 4.74 Å². The molecule has 0 amide bonds. The van der Waals surface area contributed by atoms with Crippen molar-refractivity contribution in [2.75, 3.05) is 19.7 Å². The number of ether oxygens (including phenoxy) is 1. The van der Waals surface area contributed by atoms with Gasteiger partial charge in [0.15, 0.2) is 0 Å². The van der Waals surface area contributed by atoms with Gasteiger partial charge in [-0.2, -0.15) is 0 Å². The predicted molar refractivity (Wildman–Crippen MR) is 72.4 cm³/mol. The van der Waals surface area contributed by atoms with E-state index in [0.29, 0.717) is 12.0 Å². The average molecular weight is 246 g/mol. The smallest absolute Gasteiger partial charge is 0.124 e. The number of para-hydroxylation sites is 1. The van der Waals surface area contributed by atoms with E-state index in [1.165, 1.54) is 37.9 Å². The SMILES string of the molecule is CC1COc2ccccc2C1NN1CCCCC1. The molecule has 0 aliphatic carbocycles. The van der Waals surface area contributed by atoms with E-state index >= 15 is 0 Å². The summed E-state index contributed by atoms with van der Waals surface area (Å²) in [7, 11) is 0. The summed E-state index contributed by atoms with van der Waals surface area (Å²) in [6.07, 6.45) is 4.00. The van der Waals surface area contributed by atoms with Gasteiger partial charge in [-0.25, -0.2) is 10.4 Å². The van der Waals surface area contributed by atoms with E-state index < -0.39 is 0 Å². The topological polar surface area (TPSA) is 24.5 Å². The van der Waals surface area contributed by atoms with Crippen LogP contribution in [0.2, 0.25) is 0 Å². The zero-order valence-corrected chi connectivity index (χ0v) is 11.1. The lowest BCUT2D eigenvalue weighted by molar-refractivity contribution is 0.0824. The van der Waals surface area contributed by atoms with Crippen molar-refractivity contribution in [1.82, 2.24) is 10.4 Å². The molecule has 3 heteroatoms. The lowest BCUT2D eigenvalue weighted by atomic mass is 9.92. The number of fused-ring (bicyclic) bond motifs is 1. The Kier molecular flexibility index (Phi) is 3.52. The van der Waals surface area contributed by atoms with Crippen LogP contribution in [0.3, 0.4) is 0 Å². The second-order valence-electron chi connectivity index (χ2n) is 5.48. The molecule has 2 atom stereocenters. The Labute approximate surface area is 109 Å². The molecule has 1 N–H and O–H groups in total. The number of rotatable bonds is 2. The summed E-state index contributed by atoms with van der Waals surface area (Å²) in [4.78, 5) is 0. The molecule has 2 unspecified atom stereocenters. The van der Waals surface area contributed by atoms with Crippen LogP contribution in [0.5, 0.6) is 5.75 Å². The first-order chi connectivity index (χ1) is 8.84. The fraction of sp³-hybridized carbons (Fsp3) is 0.600. The van der Waals surface area contributed by atoms with Crippen LogP contribution in [0.25, 0.3) is 0 Å². The summed E-state index contributed by atoms with van der Waals surface area (Å²) < 4.78 is 5.80. The molecular weight excluding hydrogens is 224 g/mol. The van der Waals surface area contributed by atoms with E-state index in [9.17, 15) is 0 Å². The van der Waals surface area contributed by atoms with Gasteiger partial charge < -0.3 is 4.74 Å². The van der Waals surface area contributed by atoms with Crippen LogP contribution in [-0.2, 0) is 0 Å². The summed E-state index contributed by atoms with van der Waals surface area (Å²) in [6, 6.07) is 8.81. The minimum atomic E-state index is 0.396. The van der Waals surface area contributed by atoms with Crippen molar-refractivity contribution in [2.45, 2.75) is 32.2 Å². The van der Waals surface area contributed by atoms with Gasteiger partial charge in [-0.15, -0.1) is 0 Å². The van der Waals surface area contributed by atoms with Crippen molar-refractivity contribution in [2.24, 2.45) is 5.92 Å². The molecule has 2 heterocycles. The second kappa shape index (κ2) is 5.29. The maximum atomic E-state index is 5.80. The molecule has 1 aromatic rings. The summed E-state index contributed by atoms with van der Waals surface area (Å²) in [5.74, 6) is 1.56. The molecule has 3 nitrogen and oxygen atoms in total. The molecule has 18 heavy (non-hydrogen) atoms. The maximum absolute atomic E-state index is 5.80. The van der Waals surface area contributed by atoms with Gasteiger partial charge in [0.1, 0.15) is 5.75 Å². The van der Waals surface area contributed by atoms with Crippen LogP contribution in [-0.4, -0.2) is 24.7 Å². The predicted octanol–water partition coefficient (Wildman–Crippen LogP) is 2.75. The van der Waals surface area contributed by atoms with Crippen molar-refractivity contribution in [3.05, 3.63) is 29.8 Å². The number of hydrazine groups is 1. The van der Waals surface area contributed by atoms with Gasteiger partial charge in [0.05, 0.1) is 12.6 Å². The number of nitrogens with zero attached hydrogens (tertiary/aromatic N) is 1. The first-order valence-corrected chi connectivity index (χ1v) is 7.07. The number of benzene rings is 1. The largest absolute Gasteiger partial charge is 0.493 e. The highest BCUT2D eigenvalue weighted by Gasteiger charge is 2.29. The zero-order valence-electron chi connectivity index (χ0n) is 11.1. The van der Waals surface area contributed by atoms with Gasteiger partial charge in [-0.05, 0) is 18.9 Å². The molecule has 1 aromatic carbocycles. The van der Waals surface area contributed by atoms with Gasteiger partial charge in [0.2, 0.25) is 0 Å². The summed E-state index contributed by atoms with van der Waals surface area (Å²) in [6.45, 7) is 5.42. The quantitative estimate of drug-likeness (QED) is 0.868. The van der Waals surface area contributed by atoms with Crippen molar-refractivity contribution in [3.8, 4) is 5.75 Å². The van der Waals surface area contributed by atoms with Crippen LogP contribution in [0, 0.1) is 5.92 Å². The molecule has 2 aliphatic rings. The molecule has 1 fully saturated rings. The van der Waals surface area contributed by atoms with Gasteiger partial charge in [0, 0.05) is 24.6 Å². The lowest BCUT2D eigenvalue weighted by Gasteiger charge is -2.37. The maximum Gasteiger partial charge on any atom is 0.124 e. The number of nitrogens with one attached hydrogen (secondary N) is 1. The molecule has 2 aliphatic heterocycles. The Morgan fingerprint density at radius 3 is 2.78 bits per heavy atom. The van der Waals surface area contributed by atoms with Gasteiger partial charge in [-0.3, -0.25) is 0 Å². The van der Waals surface area contributed by atoms with Crippen LogP contribution in [0.4, 0.5) is 0 Å². The molecule has 0 bridgehead atoms. The zero-order chi connectivity index (χ0) is 12.4. The summed E-state index contributed by atoms with van der Waals surface area (Å²) in [5.41, 5.74) is 5.02. The minimum Gasteiger partial charge on any atom is -0.493 e. The van der Waals surface area contributed by atoms with Crippen molar-refractivity contribution >= 4 is 0 Å². The first kappa shape index (κ1) is 12.0.